The average molecular weight is 353 g/mol. The van der Waals surface area contributed by atoms with E-state index in [1.807, 2.05) is 6.07 Å². The van der Waals surface area contributed by atoms with Gasteiger partial charge in [0.1, 0.15) is 0 Å². The molecule has 2 aromatic rings. The van der Waals surface area contributed by atoms with Crippen molar-refractivity contribution in [3.63, 3.8) is 0 Å². The van der Waals surface area contributed by atoms with Crippen molar-refractivity contribution in [3.05, 3.63) is 64.2 Å². The molecule has 0 aliphatic carbocycles. The maximum atomic E-state index is 6.31. The monoisotopic (exact) mass is 352 g/mol. The van der Waals surface area contributed by atoms with Crippen LogP contribution in [0.3, 0.4) is 0 Å². The van der Waals surface area contributed by atoms with E-state index in [-0.39, 0.29) is 5.41 Å². The van der Waals surface area contributed by atoms with Gasteiger partial charge in [-0.1, -0.05) is 49.7 Å². The summed E-state index contributed by atoms with van der Waals surface area (Å²) in [4.78, 5) is 2.70. The SMILES string of the molecule is CC1(C)c2cc(Cl)ccc2N[C@@H]2[C@@H]3Cc4ccccc4CN3CC[C@@H]21. The number of benzene rings is 2. The van der Waals surface area contributed by atoms with E-state index < -0.39 is 0 Å². The highest BCUT2D eigenvalue weighted by atomic mass is 35.5. The minimum atomic E-state index is 0.152. The number of nitrogens with one attached hydrogen (secondary N) is 1. The predicted molar refractivity (Wildman–Crippen MR) is 104 cm³/mol. The third-order valence-electron chi connectivity index (χ3n) is 6.89. The van der Waals surface area contributed by atoms with Gasteiger partial charge in [0.2, 0.25) is 0 Å². The molecule has 3 aliphatic rings. The first-order valence-electron chi connectivity index (χ1n) is 9.41. The number of nitrogens with zero attached hydrogens (tertiary/aromatic N) is 1. The van der Waals surface area contributed by atoms with E-state index >= 15 is 0 Å². The maximum Gasteiger partial charge on any atom is 0.0457 e. The van der Waals surface area contributed by atoms with E-state index in [9.17, 15) is 0 Å². The summed E-state index contributed by atoms with van der Waals surface area (Å²) in [5.41, 5.74) is 5.85. The van der Waals surface area contributed by atoms with Gasteiger partial charge in [-0.15, -0.1) is 0 Å². The number of hydrogen-bond acceptors (Lipinski definition) is 2. The molecule has 0 radical (unpaired) electrons. The Morgan fingerprint density at radius 1 is 1.12 bits per heavy atom. The first-order chi connectivity index (χ1) is 12.0. The molecule has 25 heavy (non-hydrogen) atoms. The van der Waals surface area contributed by atoms with Crippen molar-refractivity contribution in [1.29, 1.82) is 0 Å². The first kappa shape index (κ1) is 15.7. The van der Waals surface area contributed by atoms with Gasteiger partial charge in [0.05, 0.1) is 0 Å². The molecule has 5 rings (SSSR count). The summed E-state index contributed by atoms with van der Waals surface area (Å²) in [7, 11) is 0. The predicted octanol–water partition coefficient (Wildman–Crippen LogP) is 4.86. The zero-order chi connectivity index (χ0) is 17.2. The highest BCUT2D eigenvalue weighted by Crippen LogP contribution is 2.49. The molecule has 0 aromatic heterocycles. The van der Waals surface area contributed by atoms with Crippen LogP contribution in [-0.2, 0) is 18.4 Å². The summed E-state index contributed by atoms with van der Waals surface area (Å²) in [6.45, 7) is 7.11. The minimum absolute atomic E-state index is 0.152. The summed E-state index contributed by atoms with van der Waals surface area (Å²) in [6, 6.07) is 16.4. The molecular formula is C22H25ClN2. The highest BCUT2D eigenvalue weighted by molar-refractivity contribution is 6.30. The van der Waals surface area contributed by atoms with Crippen LogP contribution in [0.5, 0.6) is 0 Å². The molecule has 0 amide bonds. The van der Waals surface area contributed by atoms with Gasteiger partial charge < -0.3 is 5.32 Å². The number of fused-ring (bicyclic) bond motifs is 5. The topological polar surface area (TPSA) is 15.3 Å². The maximum absolute atomic E-state index is 6.31. The van der Waals surface area contributed by atoms with E-state index in [0.717, 1.165) is 18.0 Å². The molecule has 3 atom stereocenters. The highest BCUT2D eigenvalue weighted by Gasteiger charge is 2.49. The van der Waals surface area contributed by atoms with Crippen molar-refractivity contribution in [2.75, 3.05) is 11.9 Å². The van der Waals surface area contributed by atoms with Crippen LogP contribution in [0, 0.1) is 5.92 Å². The molecule has 1 fully saturated rings. The van der Waals surface area contributed by atoms with Crippen LogP contribution in [0.4, 0.5) is 5.69 Å². The fourth-order valence-electron chi connectivity index (χ4n) is 5.51. The Hall–Kier alpha value is -1.51. The molecule has 0 spiro atoms. The van der Waals surface area contributed by atoms with Gasteiger partial charge in [-0.05, 0) is 65.6 Å². The Labute approximate surface area is 155 Å². The van der Waals surface area contributed by atoms with E-state index in [4.69, 9.17) is 11.6 Å². The molecule has 3 heteroatoms. The quantitative estimate of drug-likeness (QED) is 0.728. The van der Waals surface area contributed by atoms with Crippen LogP contribution in [0.1, 0.15) is 37.0 Å². The zero-order valence-corrected chi connectivity index (χ0v) is 15.7. The minimum Gasteiger partial charge on any atom is -0.380 e. The molecular weight excluding hydrogens is 328 g/mol. The Morgan fingerprint density at radius 2 is 1.92 bits per heavy atom. The van der Waals surface area contributed by atoms with E-state index in [2.05, 4.69) is 60.5 Å². The van der Waals surface area contributed by atoms with Crippen LogP contribution < -0.4 is 5.32 Å². The molecule has 130 valence electrons. The second-order valence-electron chi connectivity index (χ2n) is 8.49. The summed E-state index contributed by atoms with van der Waals surface area (Å²) in [5.74, 6) is 0.643. The van der Waals surface area contributed by atoms with E-state index in [0.29, 0.717) is 18.0 Å². The van der Waals surface area contributed by atoms with E-state index in [1.165, 1.54) is 35.3 Å². The Bertz CT molecular complexity index is 829. The van der Waals surface area contributed by atoms with Crippen LogP contribution in [-0.4, -0.2) is 23.5 Å². The normalized spacial score (nSPS) is 29.6. The number of hydrogen-bond donors (Lipinski definition) is 1. The molecule has 3 heterocycles. The van der Waals surface area contributed by atoms with Crippen molar-refractivity contribution in [1.82, 2.24) is 4.90 Å². The summed E-state index contributed by atoms with van der Waals surface area (Å²) in [6.07, 6.45) is 2.40. The van der Waals surface area contributed by atoms with Crippen LogP contribution in [0.2, 0.25) is 5.02 Å². The smallest absolute Gasteiger partial charge is 0.0457 e. The average Bonchev–Trinajstić information content (AvgIpc) is 2.61. The second-order valence-corrected chi connectivity index (χ2v) is 8.92. The molecule has 0 bridgehead atoms. The Balaban J connectivity index is 1.55. The van der Waals surface area contributed by atoms with Gasteiger partial charge in [0.25, 0.3) is 0 Å². The standard InChI is InChI=1S/C22H25ClN2/c1-22(2)17-9-10-25-13-15-6-4-3-5-14(15)11-20(25)21(17)24-19-8-7-16(23)12-18(19)22/h3-8,12,17,20-21,24H,9-11,13H2,1-2H3/t17-,20-,21-/m0/s1. The Kier molecular flexibility index (Phi) is 3.45. The molecule has 2 nitrogen and oxygen atoms in total. The van der Waals surface area contributed by atoms with Crippen molar-refractivity contribution >= 4 is 17.3 Å². The fraction of sp³-hybridized carbons (Fsp3) is 0.455. The van der Waals surface area contributed by atoms with Crippen molar-refractivity contribution in [2.24, 2.45) is 5.92 Å². The van der Waals surface area contributed by atoms with E-state index in [1.54, 1.807) is 0 Å². The number of anilines is 1. The first-order valence-corrected chi connectivity index (χ1v) is 9.79. The third-order valence-corrected chi connectivity index (χ3v) is 7.13. The second kappa shape index (κ2) is 5.49. The van der Waals surface area contributed by atoms with Crippen LogP contribution >= 0.6 is 11.6 Å². The van der Waals surface area contributed by atoms with Crippen molar-refractivity contribution < 1.29 is 0 Å². The summed E-state index contributed by atoms with van der Waals surface area (Å²) < 4.78 is 0. The lowest BCUT2D eigenvalue weighted by molar-refractivity contribution is 0.0493. The van der Waals surface area contributed by atoms with Gasteiger partial charge >= 0.3 is 0 Å². The van der Waals surface area contributed by atoms with Gasteiger partial charge in [-0.25, -0.2) is 0 Å². The summed E-state index contributed by atoms with van der Waals surface area (Å²) in [5, 5.41) is 4.76. The lowest BCUT2D eigenvalue weighted by atomic mass is 9.62. The summed E-state index contributed by atoms with van der Waals surface area (Å²) >= 11 is 6.31. The molecule has 0 saturated carbocycles. The molecule has 1 saturated heterocycles. The lowest BCUT2D eigenvalue weighted by Crippen LogP contribution is -2.62. The number of rotatable bonds is 0. The van der Waals surface area contributed by atoms with Crippen LogP contribution in [0.25, 0.3) is 0 Å². The zero-order valence-electron chi connectivity index (χ0n) is 14.9. The van der Waals surface area contributed by atoms with Gasteiger partial charge in [0.15, 0.2) is 0 Å². The van der Waals surface area contributed by atoms with Crippen molar-refractivity contribution in [2.45, 2.75) is 50.7 Å². The molecule has 0 unspecified atom stereocenters. The molecule has 2 aromatic carbocycles. The van der Waals surface area contributed by atoms with Gasteiger partial charge in [-0.2, -0.15) is 0 Å². The third kappa shape index (κ3) is 2.34. The van der Waals surface area contributed by atoms with Crippen LogP contribution in [0.15, 0.2) is 42.5 Å². The lowest BCUT2D eigenvalue weighted by Gasteiger charge is -2.56. The molecule has 3 aliphatic heterocycles. The largest absolute Gasteiger partial charge is 0.380 e. The number of piperidine rings is 1. The Morgan fingerprint density at radius 3 is 2.76 bits per heavy atom. The van der Waals surface area contributed by atoms with Gasteiger partial charge in [-0.3, -0.25) is 4.90 Å². The fourth-order valence-corrected chi connectivity index (χ4v) is 5.69. The van der Waals surface area contributed by atoms with Crippen molar-refractivity contribution in [3.8, 4) is 0 Å². The number of halogens is 1. The molecule has 1 N–H and O–H groups in total. The van der Waals surface area contributed by atoms with Gasteiger partial charge in [0, 0.05) is 29.3 Å².